The van der Waals surface area contributed by atoms with Crippen molar-refractivity contribution in [2.75, 3.05) is 37.8 Å². The number of nitrogens with zero attached hydrogens (tertiary/aromatic N) is 4. The highest BCUT2D eigenvalue weighted by molar-refractivity contribution is 6.76. The van der Waals surface area contributed by atoms with Crippen LogP contribution in [0.25, 0.3) is 22.4 Å². The zero-order chi connectivity index (χ0) is 33.3. The Morgan fingerprint density at radius 2 is 1.83 bits per heavy atom. The van der Waals surface area contributed by atoms with Crippen molar-refractivity contribution < 1.29 is 33.6 Å². The van der Waals surface area contributed by atoms with Crippen LogP contribution in [0.5, 0.6) is 6.01 Å². The number of carbonyl (C=O) groups is 1. The molecule has 256 valence electrons. The third-order valence-electron chi connectivity index (χ3n) is 8.72. The topological polar surface area (TPSA) is 129 Å². The van der Waals surface area contributed by atoms with Crippen LogP contribution in [-0.2, 0) is 25.7 Å². The second-order valence-electron chi connectivity index (χ2n) is 14.1. The van der Waals surface area contributed by atoms with E-state index in [1.807, 2.05) is 36.6 Å². The Kier molecular flexibility index (Phi) is 10.3. The standard InChI is InChI=1S/C33H46ClN5O7Si/c1-20(2)35-33(41)45-23-10-12-38(13-11-23)22-8-6-21(7-9-22)28-24(34)16-25-31(37-28)39(19-42-14-15-47(3,4)5)32(36-25)46-27-18-44-29-26(40)17-43-30(27)29/h6-9,16,20,23,26-27,29-30,40H,10-15,17-19H2,1-5H3,(H,35,41)/t26-,27-,29-,30-/m1/s1. The van der Waals surface area contributed by atoms with Crippen LogP contribution in [0.2, 0.25) is 30.7 Å². The van der Waals surface area contributed by atoms with Gasteiger partial charge in [-0.25, -0.2) is 9.78 Å². The zero-order valence-corrected chi connectivity index (χ0v) is 29.5. The minimum absolute atomic E-state index is 0.0477. The number of piperidine rings is 1. The molecule has 14 heteroatoms. The molecule has 0 spiro atoms. The smallest absolute Gasteiger partial charge is 0.407 e. The molecular formula is C33H46ClN5O7Si. The molecule has 0 saturated carbocycles. The molecule has 0 radical (unpaired) electrons. The summed E-state index contributed by atoms with van der Waals surface area (Å²) in [6, 6.07) is 11.4. The Morgan fingerprint density at radius 3 is 2.53 bits per heavy atom. The van der Waals surface area contributed by atoms with Crippen molar-refractivity contribution in [1.82, 2.24) is 19.9 Å². The summed E-state index contributed by atoms with van der Waals surface area (Å²) in [7, 11) is -1.29. The van der Waals surface area contributed by atoms with E-state index in [1.165, 1.54) is 0 Å². The van der Waals surface area contributed by atoms with Gasteiger partial charge in [-0.2, -0.15) is 4.98 Å². The van der Waals surface area contributed by atoms with Gasteiger partial charge in [-0.15, -0.1) is 0 Å². The summed E-state index contributed by atoms with van der Waals surface area (Å²) in [4.78, 5) is 24.0. The summed E-state index contributed by atoms with van der Waals surface area (Å²) >= 11 is 6.81. The number of benzene rings is 1. The van der Waals surface area contributed by atoms with E-state index >= 15 is 0 Å². The van der Waals surface area contributed by atoms with E-state index < -0.39 is 26.4 Å². The predicted molar refractivity (Wildman–Crippen MR) is 182 cm³/mol. The third kappa shape index (κ3) is 8.03. The van der Waals surface area contributed by atoms with Crippen molar-refractivity contribution in [2.45, 2.75) is 95.7 Å². The second kappa shape index (κ2) is 14.3. The molecule has 6 rings (SSSR count). The first-order valence-electron chi connectivity index (χ1n) is 16.5. The largest absolute Gasteiger partial charge is 0.456 e. The van der Waals surface area contributed by atoms with Gasteiger partial charge in [0.05, 0.1) is 23.9 Å². The number of amides is 1. The van der Waals surface area contributed by atoms with Crippen molar-refractivity contribution in [3.8, 4) is 17.3 Å². The Hall–Kier alpha value is -2.94. The van der Waals surface area contributed by atoms with Gasteiger partial charge in [-0.1, -0.05) is 43.4 Å². The van der Waals surface area contributed by atoms with Crippen LogP contribution < -0.4 is 15.0 Å². The summed E-state index contributed by atoms with van der Waals surface area (Å²) in [6.45, 7) is 13.7. The number of fused-ring (bicyclic) bond motifs is 2. The van der Waals surface area contributed by atoms with Gasteiger partial charge in [-0.3, -0.25) is 4.57 Å². The lowest BCUT2D eigenvalue weighted by molar-refractivity contribution is 0.00336. The van der Waals surface area contributed by atoms with E-state index in [4.69, 9.17) is 45.3 Å². The quantitative estimate of drug-likeness (QED) is 0.208. The highest BCUT2D eigenvalue weighted by Gasteiger charge is 2.49. The minimum Gasteiger partial charge on any atom is -0.456 e. The normalized spacial score (nSPS) is 23.4. The average Bonchev–Trinajstić information content (AvgIpc) is 3.69. The van der Waals surface area contributed by atoms with Gasteiger partial charge in [-0.05, 0) is 38.1 Å². The number of ether oxygens (including phenoxy) is 5. The van der Waals surface area contributed by atoms with Gasteiger partial charge < -0.3 is 39.0 Å². The Balaban J connectivity index is 1.19. The molecule has 2 N–H and O–H groups in total. The molecule has 0 bridgehead atoms. The molecule has 3 fully saturated rings. The molecule has 1 amide bonds. The summed E-state index contributed by atoms with van der Waals surface area (Å²) in [5.74, 6) is 0. The van der Waals surface area contributed by atoms with Crippen LogP contribution in [0.1, 0.15) is 26.7 Å². The van der Waals surface area contributed by atoms with Crippen LogP contribution in [0.3, 0.4) is 0 Å². The lowest BCUT2D eigenvalue weighted by Gasteiger charge is -2.33. The van der Waals surface area contributed by atoms with E-state index in [2.05, 4.69) is 42.0 Å². The van der Waals surface area contributed by atoms with Gasteiger partial charge in [0.1, 0.15) is 36.7 Å². The maximum Gasteiger partial charge on any atom is 0.407 e. The first-order chi connectivity index (χ1) is 22.4. The lowest BCUT2D eigenvalue weighted by atomic mass is 10.1. The lowest BCUT2D eigenvalue weighted by Crippen LogP contribution is -2.40. The minimum atomic E-state index is -1.29. The van der Waals surface area contributed by atoms with Crippen molar-refractivity contribution in [1.29, 1.82) is 0 Å². The maximum atomic E-state index is 12.0. The van der Waals surface area contributed by atoms with Crippen LogP contribution in [0, 0.1) is 0 Å². The summed E-state index contributed by atoms with van der Waals surface area (Å²) in [5, 5.41) is 13.5. The maximum absolute atomic E-state index is 12.0. The third-order valence-corrected chi connectivity index (χ3v) is 10.7. The number of aliphatic hydroxyl groups is 1. The highest BCUT2D eigenvalue weighted by Crippen LogP contribution is 2.35. The molecule has 3 aliphatic heterocycles. The molecule has 3 saturated heterocycles. The molecule has 2 aromatic heterocycles. The fourth-order valence-corrected chi connectivity index (χ4v) is 7.12. The van der Waals surface area contributed by atoms with Gasteiger partial charge in [0.15, 0.2) is 11.8 Å². The monoisotopic (exact) mass is 687 g/mol. The van der Waals surface area contributed by atoms with E-state index in [0.717, 1.165) is 43.2 Å². The summed E-state index contributed by atoms with van der Waals surface area (Å²) in [6.07, 6.45) is -0.785. The van der Waals surface area contributed by atoms with Crippen LogP contribution in [-0.4, -0.2) is 103 Å². The molecule has 4 atom stereocenters. The van der Waals surface area contributed by atoms with Crippen LogP contribution in [0.15, 0.2) is 30.3 Å². The zero-order valence-electron chi connectivity index (χ0n) is 27.8. The highest BCUT2D eigenvalue weighted by atomic mass is 35.5. The first kappa shape index (κ1) is 33.9. The fraction of sp³-hybridized carbons (Fsp3) is 0.606. The van der Waals surface area contributed by atoms with Crippen molar-refractivity contribution in [3.05, 3.63) is 35.4 Å². The fourth-order valence-electron chi connectivity index (χ4n) is 6.11. The Labute approximate surface area is 281 Å². The van der Waals surface area contributed by atoms with E-state index in [-0.39, 0.29) is 44.3 Å². The molecule has 5 heterocycles. The number of rotatable bonds is 11. The van der Waals surface area contributed by atoms with Crippen LogP contribution >= 0.6 is 11.6 Å². The number of aromatic nitrogens is 3. The van der Waals surface area contributed by atoms with Crippen molar-refractivity contribution in [3.63, 3.8) is 0 Å². The molecule has 1 aromatic carbocycles. The number of alkyl carbamates (subject to hydrolysis) is 1. The molecule has 47 heavy (non-hydrogen) atoms. The number of halogens is 1. The Bertz CT molecular complexity index is 1540. The van der Waals surface area contributed by atoms with E-state index in [1.54, 1.807) is 0 Å². The number of carbonyl (C=O) groups excluding carboxylic acids is 1. The van der Waals surface area contributed by atoms with Crippen LogP contribution in [0.4, 0.5) is 10.5 Å². The van der Waals surface area contributed by atoms with E-state index in [0.29, 0.717) is 34.5 Å². The average molecular weight is 688 g/mol. The SMILES string of the molecule is CC(C)NC(=O)OC1CCN(c2ccc(-c3nc4c(cc3Cl)nc(O[C@@H]3CO[C@H]5[C@@H]3OC[C@H]5O)n4COCC[Si](C)(C)C)cc2)CC1. The predicted octanol–water partition coefficient (Wildman–Crippen LogP) is 5.07. The van der Waals surface area contributed by atoms with Crippen molar-refractivity contribution >= 4 is 42.6 Å². The molecular weight excluding hydrogens is 642 g/mol. The van der Waals surface area contributed by atoms with Gasteiger partial charge in [0.2, 0.25) is 0 Å². The number of nitrogens with one attached hydrogen (secondary N) is 1. The first-order valence-corrected chi connectivity index (χ1v) is 20.6. The molecule has 0 unspecified atom stereocenters. The number of anilines is 1. The number of imidazole rings is 1. The summed E-state index contributed by atoms with van der Waals surface area (Å²) in [5.41, 5.74) is 3.79. The number of hydrogen-bond acceptors (Lipinski definition) is 10. The van der Waals surface area contributed by atoms with Crippen molar-refractivity contribution in [2.24, 2.45) is 0 Å². The molecule has 0 aliphatic carbocycles. The van der Waals surface area contributed by atoms with Gasteiger partial charge in [0, 0.05) is 57.9 Å². The molecule has 3 aromatic rings. The summed E-state index contributed by atoms with van der Waals surface area (Å²) < 4.78 is 31.5. The number of aliphatic hydroxyl groups excluding tert-OH is 1. The van der Waals surface area contributed by atoms with Gasteiger partial charge in [0.25, 0.3) is 0 Å². The number of hydrogen-bond donors (Lipinski definition) is 2. The molecule has 12 nitrogen and oxygen atoms in total. The number of pyridine rings is 1. The van der Waals surface area contributed by atoms with Gasteiger partial charge >= 0.3 is 12.1 Å². The second-order valence-corrected chi connectivity index (χ2v) is 20.1. The van der Waals surface area contributed by atoms with E-state index in [9.17, 15) is 9.90 Å². The molecule has 3 aliphatic rings. The Morgan fingerprint density at radius 1 is 1.11 bits per heavy atom.